The van der Waals surface area contributed by atoms with E-state index in [2.05, 4.69) is 21.8 Å². The van der Waals surface area contributed by atoms with Gasteiger partial charge in [-0.05, 0) is 13.3 Å². The molecule has 0 radical (unpaired) electrons. The van der Waals surface area contributed by atoms with E-state index < -0.39 is 0 Å². The number of nitrogens with zero attached hydrogens (tertiary/aromatic N) is 3. The second kappa shape index (κ2) is 6.19. The van der Waals surface area contributed by atoms with E-state index in [-0.39, 0.29) is 11.9 Å². The fraction of sp³-hybridized carbons (Fsp3) is 0.714. The number of imidazole rings is 1. The molecule has 5 nitrogen and oxygen atoms in total. The topological polar surface area (TPSA) is 52.2 Å². The second-order valence-electron chi connectivity index (χ2n) is 5.36. The Hall–Kier alpha value is -1.36. The number of likely N-dealkylation sites (N-methyl/N-ethyl adjacent to an activating group) is 1. The van der Waals surface area contributed by atoms with Crippen LogP contribution < -0.4 is 0 Å². The van der Waals surface area contributed by atoms with Crippen molar-refractivity contribution < 1.29 is 4.79 Å². The van der Waals surface area contributed by atoms with Gasteiger partial charge >= 0.3 is 0 Å². The average Bonchev–Trinajstić information content (AvgIpc) is 2.79. The third kappa shape index (κ3) is 3.15. The van der Waals surface area contributed by atoms with Crippen molar-refractivity contribution in [2.45, 2.75) is 45.7 Å². The first-order chi connectivity index (χ1) is 9.13. The highest BCUT2D eigenvalue weighted by molar-refractivity contribution is 5.82. The molecule has 0 aliphatic carbocycles. The van der Waals surface area contributed by atoms with Gasteiger partial charge in [0.2, 0.25) is 5.91 Å². The van der Waals surface area contributed by atoms with Crippen molar-refractivity contribution in [2.75, 3.05) is 20.1 Å². The van der Waals surface area contributed by atoms with Crippen molar-refractivity contribution >= 4 is 5.91 Å². The summed E-state index contributed by atoms with van der Waals surface area (Å²) in [6.07, 6.45) is 4.90. The van der Waals surface area contributed by atoms with Crippen molar-refractivity contribution in [1.82, 2.24) is 19.8 Å². The summed E-state index contributed by atoms with van der Waals surface area (Å²) in [5, 5.41) is 0. The molecule has 2 heterocycles. The summed E-state index contributed by atoms with van der Waals surface area (Å²) in [5.74, 6) is 0.257. The highest BCUT2D eigenvalue weighted by Crippen LogP contribution is 2.19. The lowest BCUT2D eigenvalue weighted by molar-refractivity contribution is -0.140. The molecule has 0 saturated carbocycles. The lowest BCUT2D eigenvalue weighted by atomic mass is 10.0. The molecule has 1 N–H and O–H groups in total. The fourth-order valence-electron chi connectivity index (χ4n) is 2.59. The molecule has 1 aromatic rings. The number of amides is 1. The lowest BCUT2D eigenvalue weighted by Crippen LogP contribution is -2.55. The summed E-state index contributed by atoms with van der Waals surface area (Å²) >= 11 is 0. The first-order valence-electron chi connectivity index (χ1n) is 7.11. The van der Waals surface area contributed by atoms with Crippen molar-refractivity contribution in [3.8, 4) is 0 Å². The van der Waals surface area contributed by atoms with Crippen LogP contribution in [-0.4, -0.2) is 51.9 Å². The monoisotopic (exact) mass is 264 g/mol. The average molecular weight is 264 g/mol. The largest absolute Gasteiger partial charge is 0.348 e. The highest BCUT2D eigenvalue weighted by atomic mass is 16.2. The van der Waals surface area contributed by atoms with Gasteiger partial charge < -0.3 is 9.88 Å². The van der Waals surface area contributed by atoms with Gasteiger partial charge in [0.25, 0.3) is 0 Å². The van der Waals surface area contributed by atoms with Crippen LogP contribution in [0.15, 0.2) is 6.33 Å². The van der Waals surface area contributed by atoms with Crippen molar-refractivity contribution in [1.29, 1.82) is 0 Å². The van der Waals surface area contributed by atoms with Gasteiger partial charge in [0.1, 0.15) is 0 Å². The molecular weight excluding hydrogens is 240 g/mol. The summed E-state index contributed by atoms with van der Waals surface area (Å²) < 4.78 is 0. The van der Waals surface area contributed by atoms with Crippen LogP contribution in [0.1, 0.15) is 37.6 Å². The normalized spacial score (nSPS) is 21.1. The number of H-pyrrole nitrogens is 1. The van der Waals surface area contributed by atoms with Crippen LogP contribution in [0.4, 0.5) is 0 Å². The first-order valence-corrected chi connectivity index (χ1v) is 7.11. The molecule has 106 valence electrons. The van der Waals surface area contributed by atoms with Gasteiger partial charge in [-0.25, -0.2) is 4.98 Å². The maximum absolute atomic E-state index is 12.3. The number of rotatable bonds is 5. The third-order valence-electron chi connectivity index (χ3n) is 3.94. The van der Waals surface area contributed by atoms with Crippen molar-refractivity contribution in [2.24, 2.45) is 0 Å². The van der Waals surface area contributed by atoms with Gasteiger partial charge in [-0.15, -0.1) is 0 Å². The molecule has 0 unspecified atom stereocenters. The molecule has 1 atom stereocenters. The van der Waals surface area contributed by atoms with Gasteiger partial charge in [0, 0.05) is 32.4 Å². The summed E-state index contributed by atoms with van der Waals surface area (Å²) in [5.41, 5.74) is 2.15. The van der Waals surface area contributed by atoms with E-state index in [1.165, 1.54) is 0 Å². The van der Waals surface area contributed by atoms with Crippen LogP contribution in [0.5, 0.6) is 0 Å². The van der Waals surface area contributed by atoms with E-state index >= 15 is 0 Å². The Bertz CT molecular complexity index is 429. The number of aryl methyl sites for hydroxylation is 1. The van der Waals surface area contributed by atoms with Gasteiger partial charge in [-0.3, -0.25) is 9.69 Å². The molecule has 1 amide bonds. The van der Waals surface area contributed by atoms with Crippen LogP contribution >= 0.6 is 0 Å². The van der Waals surface area contributed by atoms with Gasteiger partial charge in [-0.1, -0.05) is 19.8 Å². The summed E-state index contributed by atoms with van der Waals surface area (Å²) in [4.78, 5) is 23.9. The first kappa shape index (κ1) is 14.1. The zero-order valence-corrected chi connectivity index (χ0v) is 12.1. The van der Waals surface area contributed by atoms with E-state index in [0.29, 0.717) is 0 Å². The maximum atomic E-state index is 12.3. The number of aromatic nitrogens is 2. The van der Waals surface area contributed by atoms with E-state index in [1.807, 2.05) is 18.9 Å². The number of carbonyl (C=O) groups excluding carboxylic acids is 1. The number of hydrogen-bond acceptors (Lipinski definition) is 3. The Balaban J connectivity index is 2.07. The van der Waals surface area contributed by atoms with Crippen LogP contribution in [0.3, 0.4) is 0 Å². The highest BCUT2D eigenvalue weighted by Gasteiger charge is 2.32. The number of nitrogens with one attached hydrogen (secondary N) is 1. The van der Waals surface area contributed by atoms with E-state index in [1.54, 1.807) is 6.33 Å². The minimum Gasteiger partial charge on any atom is -0.348 e. The molecule has 1 saturated heterocycles. The molecule has 5 heteroatoms. The number of piperazine rings is 1. The zero-order chi connectivity index (χ0) is 13.8. The molecule has 0 aromatic carbocycles. The standard InChI is InChI=1S/C14H24N4O/c1-4-5-6-13-14(19)17(3)7-8-18(13)9-12-11(2)15-10-16-12/h10,13H,4-9H2,1-3H3,(H,15,16)/t13-/m1/s1. The van der Waals surface area contributed by atoms with Crippen LogP contribution in [0, 0.1) is 6.92 Å². The quantitative estimate of drug-likeness (QED) is 0.878. The van der Waals surface area contributed by atoms with Gasteiger partial charge in [-0.2, -0.15) is 0 Å². The minimum absolute atomic E-state index is 0.0230. The zero-order valence-electron chi connectivity index (χ0n) is 12.1. The molecule has 0 spiro atoms. The number of unbranched alkanes of at least 4 members (excludes halogenated alkanes) is 1. The Kier molecular flexibility index (Phi) is 4.58. The Labute approximate surface area is 115 Å². The Morgan fingerprint density at radius 3 is 2.89 bits per heavy atom. The maximum Gasteiger partial charge on any atom is 0.239 e. The minimum atomic E-state index is 0.0230. The van der Waals surface area contributed by atoms with Crippen molar-refractivity contribution in [3.63, 3.8) is 0 Å². The smallest absolute Gasteiger partial charge is 0.239 e. The summed E-state index contributed by atoms with van der Waals surface area (Å²) in [6, 6.07) is 0.0230. The molecule has 1 aliphatic rings. The van der Waals surface area contributed by atoms with E-state index in [9.17, 15) is 4.79 Å². The van der Waals surface area contributed by atoms with Crippen LogP contribution in [0.2, 0.25) is 0 Å². The molecule has 1 fully saturated rings. The van der Waals surface area contributed by atoms with E-state index in [0.717, 1.165) is 50.3 Å². The van der Waals surface area contributed by atoms with Crippen molar-refractivity contribution in [3.05, 3.63) is 17.7 Å². The molecule has 0 bridgehead atoms. The molecule has 1 aliphatic heterocycles. The molecule has 19 heavy (non-hydrogen) atoms. The Morgan fingerprint density at radius 2 is 2.26 bits per heavy atom. The number of aromatic amines is 1. The van der Waals surface area contributed by atoms with Crippen LogP contribution in [0.25, 0.3) is 0 Å². The molecule has 2 rings (SSSR count). The van der Waals surface area contributed by atoms with Gasteiger partial charge in [0.15, 0.2) is 0 Å². The SMILES string of the molecule is CCCC[C@@H]1C(=O)N(C)CCN1Cc1nc[nH]c1C. The Morgan fingerprint density at radius 1 is 1.47 bits per heavy atom. The summed E-state index contributed by atoms with van der Waals surface area (Å²) in [7, 11) is 1.90. The molecule has 1 aromatic heterocycles. The summed E-state index contributed by atoms with van der Waals surface area (Å²) in [6.45, 7) is 6.71. The molecular formula is C14H24N4O. The number of carbonyl (C=O) groups is 1. The number of hydrogen-bond donors (Lipinski definition) is 1. The lowest BCUT2D eigenvalue weighted by Gasteiger charge is -2.39. The fourth-order valence-corrected chi connectivity index (χ4v) is 2.59. The van der Waals surface area contributed by atoms with Crippen LogP contribution in [-0.2, 0) is 11.3 Å². The van der Waals surface area contributed by atoms with Gasteiger partial charge in [0.05, 0.1) is 18.1 Å². The third-order valence-corrected chi connectivity index (χ3v) is 3.94. The van der Waals surface area contributed by atoms with E-state index in [4.69, 9.17) is 0 Å². The second-order valence-corrected chi connectivity index (χ2v) is 5.36. The predicted octanol–water partition coefficient (Wildman–Crippen LogP) is 1.55. The predicted molar refractivity (Wildman–Crippen MR) is 74.7 cm³/mol.